The summed E-state index contributed by atoms with van der Waals surface area (Å²) in [4.78, 5) is 1.24. The van der Waals surface area contributed by atoms with Crippen molar-refractivity contribution < 1.29 is 4.52 Å². The van der Waals surface area contributed by atoms with Crippen LogP contribution in [0.3, 0.4) is 0 Å². The van der Waals surface area contributed by atoms with Crippen molar-refractivity contribution in [2.24, 2.45) is 0 Å². The standard InChI is InChI=1S/C11H12N2OS/c1-7-5-8(15-2)3-4-9(7)10-6-11(12)13-14-10/h3-6H,1-2H3,(H2,12,13). The third-order valence-corrected chi connectivity index (χ3v) is 2.95. The highest BCUT2D eigenvalue weighted by Crippen LogP contribution is 2.27. The Labute approximate surface area is 92.6 Å². The Bertz CT molecular complexity index is 479. The van der Waals surface area contributed by atoms with Crippen LogP contribution in [-0.2, 0) is 0 Å². The molecule has 78 valence electrons. The first-order valence-electron chi connectivity index (χ1n) is 4.58. The lowest BCUT2D eigenvalue weighted by Crippen LogP contribution is -1.82. The highest BCUT2D eigenvalue weighted by atomic mass is 32.2. The minimum atomic E-state index is 0.415. The number of nitrogens with two attached hydrogens (primary N) is 1. The normalized spacial score (nSPS) is 10.5. The predicted octanol–water partition coefficient (Wildman–Crippen LogP) is 2.95. The van der Waals surface area contributed by atoms with E-state index in [-0.39, 0.29) is 0 Å². The zero-order chi connectivity index (χ0) is 10.8. The molecule has 0 atom stereocenters. The first-order chi connectivity index (χ1) is 7.20. The lowest BCUT2D eigenvalue weighted by Gasteiger charge is -2.03. The van der Waals surface area contributed by atoms with Crippen LogP contribution in [0.4, 0.5) is 5.82 Å². The van der Waals surface area contributed by atoms with Crippen LogP contribution >= 0.6 is 11.8 Å². The molecule has 0 aliphatic rings. The summed E-state index contributed by atoms with van der Waals surface area (Å²) in [6.07, 6.45) is 2.06. The molecule has 15 heavy (non-hydrogen) atoms. The number of nitrogens with zero attached hydrogens (tertiary/aromatic N) is 1. The molecule has 2 rings (SSSR count). The number of hydrogen-bond donors (Lipinski definition) is 1. The van der Waals surface area contributed by atoms with Gasteiger partial charge in [-0.3, -0.25) is 0 Å². The van der Waals surface area contributed by atoms with Gasteiger partial charge in [-0.05, 0) is 36.9 Å². The molecule has 0 unspecified atom stereocenters. The smallest absolute Gasteiger partial charge is 0.169 e. The molecular formula is C11H12N2OS. The average molecular weight is 220 g/mol. The zero-order valence-electron chi connectivity index (χ0n) is 8.65. The molecule has 1 aromatic carbocycles. The third kappa shape index (κ3) is 1.99. The monoisotopic (exact) mass is 220 g/mol. The van der Waals surface area contributed by atoms with Gasteiger partial charge in [-0.2, -0.15) is 0 Å². The minimum Gasteiger partial charge on any atom is -0.381 e. The molecule has 0 radical (unpaired) electrons. The van der Waals surface area contributed by atoms with Gasteiger partial charge in [-0.25, -0.2) is 0 Å². The maximum atomic E-state index is 5.51. The Kier molecular flexibility index (Phi) is 2.68. The van der Waals surface area contributed by atoms with Crippen LogP contribution in [0.2, 0.25) is 0 Å². The number of aromatic nitrogens is 1. The number of nitrogen functional groups attached to an aromatic ring is 1. The SMILES string of the molecule is CSc1ccc(-c2cc(N)no2)c(C)c1. The van der Waals surface area contributed by atoms with E-state index >= 15 is 0 Å². The van der Waals surface area contributed by atoms with Crippen molar-refractivity contribution in [1.82, 2.24) is 5.16 Å². The van der Waals surface area contributed by atoms with Crippen molar-refractivity contribution in [3.05, 3.63) is 29.8 Å². The Morgan fingerprint density at radius 2 is 2.13 bits per heavy atom. The Morgan fingerprint density at radius 3 is 2.67 bits per heavy atom. The fraction of sp³-hybridized carbons (Fsp3) is 0.182. The van der Waals surface area contributed by atoms with E-state index in [1.807, 2.05) is 13.0 Å². The maximum absolute atomic E-state index is 5.51. The summed E-state index contributed by atoms with van der Waals surface area (Å²) >= 11 is 1.72. The van der Waals surface area contributed by atoms with Crippen LogP contribution in [0.25, 0.3) is 11.3 Å². The van der Waals surface area contributed by atoms with Crippen molar-refractivity contribution >= 4 is 17.6 Å². The summed E-state index contributed by atoms with van der Waals surface area (Å²) in [5.41, 5.74) is 7.72. The van der Waals surface area contributed by atoms with Crippen molar-refractivity contribution in [2.45, 2.75) is 11.8 Å². The molecule has 2 aromatic rings. The summed E-state index contributed by atoms with van der Waals surface area (Å²) in [5, 5.41) is 3.67. The number of benzene rings is 1. The number of hydrogen-bond acceptors (Lipinski definition) is 4. The highest BCUT2D eigenvalue weighted by Gasteiger charge is 2.07. The molecule has 4 heteroatoms. The Hall–Kier alpha value is -1.42. The average Bonchev–Trinajstić information content (AvgIpc) is 2.64. The summed E-state index contributed by atoms with van der Waals surface area (Å²) < 4.78 is 5.12. The first-order valence-corrected chi connectivity index (χ1v) is 5.80. The predicted molar refractivity (Wildman–Crippen MR) is 62.9 cm³/mol. The molecule has 0 aliphatic carbocycles. The van der Waals surface area contributed by atoms with Crippen molar-refractivity contribution in [2.75, 3.05) is 12.0 Å². The Balaban J connectivity index is 2.45. The van der Waals surface area contributed by atoms with E-state index in [0.29, 0.717) is 5.82 Å². The molecule has 1 aromatic heterocycles. The van der Waals surface area contributed by atoms with Gasteiger partial charge in [-0.1, -0.05) is 5.16 Å². The topological polar surface area (TPSA) is 52.0 Å². The van der Waals surface area contributed by atoms with E-state index in [2.05, 4.69) is 23.5 Å². The second-order valence-corrected chi connectivity index (χ2v) is 4.18. The van der Waals surface area contributed by atoms with E-state index in [9.17, 15) is 0 Å². The van der Waals surface area contributed by atoms with Crippen LogP contribution in [0.5, 0.6) is 0 Å². The molecule has 0 saturated heterocycles. The summed E-state index contributed by atoms with van der Waals surface area (Å²) in [6.45, 7) is 2.05. The lowest BCUT2D eigenvalue weighted by molar-refractivity contribution is 0.435. The van der Waals surface area contributed by atoms with Crippen LogP contribution in [0.1, 0.15) is 5.56 Å². The summed E-state index contributed by atoms with van der Waals surface area (Å²) in [7, 11) is 0. The van der Waals surface area contributed by atoms with Gasteiger partial charge in [0.15, 0.2) is 11.6 Å². The van der Waals surface area contributed by atoms with Crippen molar-refractivity contribution in [1.29, 1.82) is 0 Å². The van der Waals surface area contributed by atoms with E-state index in [1.165, 1.54) is 4.90 Å². The largest absolute Gasteiger partial charge is 0.381 e. The lowest BCUT2D eigenvalue weighted by atomic mass is 10.1. The van der Waals surface area contributed by atoms with Crippen LogP contribution in [0.15, 0.2) is 33.7 Å². The minimum absolute atomic E-state index is 0.415. The molecule has 0 bridgehead atoms. The van der Waals surface area contributed by atoms with Gasteiger partial charge in [0.05, 0.1) is 0 Å². The fourth-order valence-electron chi connectivity index (χ4n) is 1.46. The summed E-state index contributed by atoms with van der Waals surface area (Å²) in [5.74, 6) is 1.14. The van der Waals surface area contributed by atoms with Crippen LogP contribution in [-0.4, -0.2) is 11.4 Å². The highest BCUT2D eigenvalue weighted by molar-refractivity contribution is 7.98. The van der Waals surface area contributed by atoms with Gasteiger partial charge in [0.25, 0.3) is 0 Å². The maximum Gasteiger partial charge on any atom is 0.169 e. The van der Waals surface area contributed by atoms with Gasteiger partial charge in [0, 0.05) is 16.5 Å². The molecule has 0 fully saturated rings. The van der Waals surface area contributed by atoms with Gasteiger partial charge in [-0.15, -0.1) is 11.8 Å². The van der Waals surface area contributed by atoms with E-state index in [1.54, 1.807) is 17.8 Å². The number of thioether (sulfide) groups is 1. The Morgan fingerprint density at radius 1 is 1.33 bits per heavy atom. The molecule has 0 aliphatic heterocycles. The third-order valence-electron chi connectivity index (χ3n) is 2.23. The van der Waals surface area contributed by atoms with Gasteiger partial charge >= 0.3 is 0 Å². The van der Waals surface area contributed by atoms with Gasteiger partial charge in [0.1, 0.15) is 0 Å². The van der Waals surface area contributed by atoms with Crippen LogP contribution < -0.4 is 5.73 Å². The second kappa shape index (κ2) is 3.98. The second-order valence-electron chi connectivity index (χ2n) is 3.30. The van der Waals surface area contributed by atoms with Crippen molar-refractivity contribution in [3.8, 4) is 11.3 Å². The molecular weight excluding hydrogens is 208 g/mol. The quantitative estimate of drug-likeness (QED) is 0.790. The molecule has 2 N–H and O–H groups in total. The van der Waals surface area contributed by atoms with Gasteiger partial charge in [0.2, 0.25) is 0 Å². The number of anilines is 1. The fourth-order valence-corrected chi connectivity index (χ4v) is 1.95. The molecule has 0 spiro atoms. The van der Waals surface area contributed by atoms with E-state index < -0.39 is 0 Å². The zero-order valence-corrected chi connectivity index (χ0v) is 9.47. The molecule has 1 heterocycles. The number of aryl methyl sites for hydroxylation is 1. The van der Waals surface area contributed by atoms with E-state index in [0.717, 1.165) is 16.9 Å². The first kappa shape index (κ1) is 10.1. The summed E-state index contributed by atoms with van der Waals surface area (Å²) in [6, 6.07) is 7.95. The number of rotatable bonds is 2. The van der Waals surface area contributed by atoms with Gasteiger partial charge < -0.3 is 10.3 Å². The van der Waals surface area contributed by atoms with E-state index in [4.69, 9.17) is 10.3 Å². The van der Waals surface area contributed by atoms with Crippen molar-refractivity contribution in [3.63, 3.8) is 0 Å². The molecule has 3 nitrogen and oxygen atoms in total. The molecule has 0 saturated carbocycles. The molecule has 0 amide bonds. The van der Waals surface area contributed by atoms with Crippen LogP contribution in [0, 0.1) is 6.92 Å².